The summed E-state index contributed by atoms with van der Waals surface area (Å²) >= 11 is 0. The number of ether oxygens (including phenoxy) is 1. The van der Waals surface area contributed by atoms with Crippen LogP contribution in [0.3, 0.4) is 0 Å². The van der Waals surface area contributed by atoms with E-state index in [0.717, 1.165) is 0 Å². The van der Waals surface area contributed by atoms with E-state index in [1.54, 1.807) is 12.1 Å². The molecule has 0 bridgehead atoms. The summed E-state index contributed by atoms with van der Waals surface area (Å²) < 4.78 is 23.0. The zero-order valence-electron chi connectivity index (χ0n) is 7.83. The van der Waals surface area contributed by atoms with Crippen molar-refractivity contribution in [1.82, 2.24) is 0 Å². The third-order valence-corrected chi connectivity index (χ3v) is 2.14. The molecular weight excluding hydrogens is 199 g/mol. The molecule has 0 spiro atoms. The van der Waals surface area contributed by atoms with Gasteiger partial charge in [-0.1, -0.05) is 12.1 Å². The van der Waals surface area contributed by atoms with E-state index >= 15 is 0 Å². The number of rotatable bonds is 4. The molecule has 2 aromatic rings. The number of hydrogen-bond acceptors (Lipinski definition) is 3. The molecule has 0 saturated carbocycles. The van der Waals surface area contributed by atoms with Crippen LogP contribution >= 0.6 is 0 Å². The predicted octanol–water partition coefficient (Wildman–Crippen LogP) is 2.20. The molecule has 15 heavy (non-hydrogen) atoms. The Morgan fingerprint density at radius 1 is 1.47 bits per heavy atom. The lowest BCUT2D eigenvalue weighted by Gasteiger charge is -1.97. The van der Waals surface area contributed by atoms with E-state index in [2.05, 4.69) is 4.74 Å². The van der Waals surface area contributed by atoms with Crippen LogP contribution in [0.25, 0.3) is 10.8 Å². The third-order valence-electron chi connectivity index (χ3n) is 2.14. The predicted molar refractivity (Wildman–Crippen MR) is 51.5 cm³/mol. The first-order chi connectivity index (χ1) is 7.33. The van der Waals surface area contributed by atoms with Gasteiger partial charge in [0.1, 0.15) is 11.6 Å². The summed E-state index contributed by atoms with van der Waals surface area (Å²) in [5.41, 5.74) is 0. The van der Waals surface area contributed by atoms with Crippen LogP contribution in [0.4, 0.5) is 4.39 Å². The fourth-order valence-corrected chi connectivity index (χ4v) is 1.50. The minimum absolute atomic E-state index is 0.139. The average molecular weight is 207 g/mol. The van der Waals surface area contributed by atoms with Crippen molar-refractivity contribution in [3.63, 3.8) is 0 Å². The molecule has 1 radical (unpaired) electrons. The third kappa shape index (κ3) is 1.83. The van der Waals surface area contributed by atoms with E-state index in [-0.39, 0.29) is 12.4 Å². The standard InChI is InChI=1S/C11H8FO3/c12-9-3-1-2-8-6-15-10(11(8)9)4-5-14-7-13/h1-3,6H,4-5H2. The molecule has 1 aromatic heterocycles. The highest BCUT2D eigenvalue weighted by Gasteiger charge is 2.10. The number of furan rings is 1. The van der Waals surface area contributed by atoms with Crippen LogP contribution in [0, 0.1) is 5.82 Å². The maximum atomic E-state index is 13.4. The Morgan fingerprint density at radius 3 is 3.13 bits per heavy atom. The van der Waals surface area contributed by atoms with Crippen molar-refractivity contribution < 1.29 is 18.3 Å². The summed E-state index contributed by atoms with van der Waals surface area (Å²) in [7, 11) is 0. The molecule has 77 valence electrons. The number of carbonyl (C=O) groups excluding carboxylic acids is 1. The van der Waals surface area contributed by atoms with Gasteiger partial charge in [0.2, 0.25) is 0 Å². The second kappa shape index (κ2) is 4.13. The zero-order chi connectivity index (χ0) is 10.7. The number of benzene rings is 1. The SMILES string of the molecule is O=[C]OCCc1occ2cccc(F)c12. The first-order valence-electron chi connectivity index (χ1n) is 4.46. The van der Waals surface area contributed by atoms with Gasteiger partial charge in [-0.3, -0.25) is 0 Å². The summed E-state index contributed by atoms with van der Waals surface area (Å²) in [6.07, 6.45) is 1.83. The summed E-state index contributed by atoms with van der Waals surface area (Å²) in [6.45, 7) is 1.45. The van der Waals surface area contributed by atoms with Crippen molar-refractivity contribution in [1.29, 1.82) is 0 Å². The van der Waals surface area contributed by atoms with E-state index in [4.69, 9.17) is 4.42 Å². The van der Waals surface area contributed by atoms with Gasteiger partial charge in [0.15, 0.2) is 0 Å². The monoisotopic (exact) mass is 207 g/mol. The van der Waals surface area contributed by atoms with Crippen LogP contribution in [-0.2, 0) is 16.0 Å². The smallest absolute Gasteiger partial charge is 0.417 e. The van der Waals surface area contributed by atoms with Gasteiger partial charge in [-0.05, 0) is 6.07 Å². The topological polar surface area (TPSA) is 39.4 Å². The average Bonchev–Trinajstić information content (AvgIpc) is 2.63. The Balaban J connectivity index is 2.31. The quantitative estimate of drug-likeness (QED) is 0.721. The molecule has 0 N–H and O–H groups in total. The maximum Gasteiger partial charge on any atom is 0.417 e. The van der Waals surface area contributed by atoms with E-state index in [9.17, 15) is 9.18 Å². The van der Waals surface area contributed by atoms with Crippen LogP contribution in [0.2, 0.25) is 0 Å². The van der Waals surface area contributed by atoms with E-state index in [0.29, 0.717) is 23.0 Å². The molecule has 0 aliphatic carbocycles. The summed E-state index contributed by atoms with van der Waals surface area (Å²) in [4.78, 5) is 9.81. The van der Waals surface area contributed by atoms with Gasteiger partial charge in [-0.2, -0.15) is 0 Å². The highest BCUT2D eigenvalue weighted by Crippen LogP contribution is 2.24. The molecular formula is C11H8FO3. The first-order valence-corrected chi connectivity index (χ1v) is 4.46. The summed E-state index contributed by atoms with van der Waals surface area (Å²) in [5, 5.41) is 1.16. The Hall–Kier alpha value is -1.84. The fraction of sp³-hybridized carbons (Fsp3) is 0.182. The molecule has 2 rings (SSSR count). The molecule has 0 atom stereocenters. The molecule has 0 unspecified atom stereocenters. The molecule has 1 aromatic carbocycles. The summed E-state index contributed by atoms with van der Waals surface area (Å²) in [5.74, 6) is 0.157. The van der Waals surface area contributed by atoms with Crippen molar-refractivity contribution in [3.8, 4) is 0 Å². The molecule has 4 heteroatoms. The van der Waals surface area contributed by atoms with Crippen molar-refractivity contribution >= 4 is 17.2 Å². The molecule has 0 aliphatic rings. The highest BCUT2D eigenvalue weighted by molar-refractivity contribution is 5.84. The molecule has 3 nitrogen and oxygen atoms in total. The Morgan fingerprint density at radius 2 is 2.33 bits per heavy atom. The van der Waals surface area contributed by atoms with Crippen LogP contribution in [0.15, 0.2) is 28.9 Å². The lowest BCUT2D eigenvalue weighted by atomic mass is 10.1. The van der Waals surface area contributed by atoms with Crippen molar-refractivity contribution in [3.05, 3.63) is 36.0 Å². The largest absolute Gasteiger partial charge is 0.468 e. The molecule has 0 saturated heterocycles. The number of halogens is 1. The lowest BCUT2D eigenvalue weighted by molar-refractivity contribution is 0.273. The van der Waals surface area contributed by atoms with E-state index in [1.165, 1.54) is 18.8 Å². The fourth-order valence-electron chi connectivity index (χ4n) is 1.50. The number of hydrogen-bond donors (Lipinski definition) is 0. The molecule has 1 heterocycles. The highest BCUT2D eigenvalue weighted by atomic mass is 19.1. The molecule has 0 fully saturated rings. The van der Waals surface area contributed by atoms with Gasteiger partial charge in [0, 0.05) is 11.8 Å². The van der Waals surface area contributed by atoms with Crippen LogP contribution < -0.4 is 0 Å². The Kier molecular flexibility index (Phi) is 2.67. The second-order valence-corrected chi connectivity index (χ2v) is 3.04. The summed E-state index contributed by atoms with van der Waals surface area (Å²) in [6, 6.07) is 4.75. The number of fused-ring (bicyclic) bond motifs is 1. The van der Waals surface area contributed by atoms with Gasteiger partial charge in [-0.25, -0.2) is 9.18 Å². The molecule has 0 aliphatic heterocycles. The van der Waals surface area contributed by atoms with Crippen molar-refractivity contribution in [2.24, 2.45) is 0 Å². The van der Waals surface area contributed by atoms with Crippen molar-refractivity contribution in [2.45, 2.75) is 6.42 Å². The van der Waals surface area contributed by atoms with Crippen molar-refractivity contribution in [2.75, 3.05) is 6.61 Å². The van der Waals surface area contributed by atoms with Crippen LogP contribution in [0.1, 0.15) is 5.76 Å². The van der Waals surface area contributed by atoms with Gasteiger partial charge in [0.05, 0.1) is 18.3 Å². The second-order valence-electron chi connectivity index (χ2n) is 3.04. The van der Waals surface area contributed by atoms with E-state index in [1.807, 2.05) is 0 Å². The maximum absolute atomic E-state index is 13.4. The Bertz CT molecular complexity index is 476. The molecule has 0 amide bonds. The minimum atomic E-state index is -0.327. The minimum Gasteiger partial charge on any atom is -0.468 e. The zero-order valence-corrected chi connectivity index (χ0v) is 7.83. The Labute approximate surface area is 85.4 Å². The van der Waals surface area contributed by atoms with E-state index < -0.39 is 0 Å². The van der Waals surface area contributed by atoms with Crippen LogP contribution in [-0.4, -0.2) is 13.1 Å². The first kappa shape index (κ1) is 9.71. The normalized spacial score (nSPS) is 10.5. The van der Waals surface area contributed by atoms with Gasteiger partial charge >= 0.3 is 6.47 Å². The van der Waals surface area contributed by atoms with Crippen LogP contribution in [0.5, 0.6) is 0 Å². The lowest BCUT2D eigenvalue weighted by Crippen LogP contribution is -1.96. The van der Waals surface area contributed by atoms with Gasteiger partial charge in [0.25, 0.3) is 0 Å². The van der Waals surface area contributed by atoms with Gasteiger partial charge in [-0.15, -0.1) is 0 Å². The van der Waals surface area contributed by atoms with Gasteiger partial charge < -0.3 is 9.15 Å².